The van der Waals surface area contributed by atoms with Crippen LogP contribution in [0.4, 0.5) is 0 Å². The van der Waals surface area contributed by atoms with Crippen LogP contribution in [0.25, 0.3) is 0 Å². The molecule has 1 aromatic heterocycles. The van der Waals surface area contributed by atoms with E-state index in [0.717, 1.165) is 29.9 Å². The Morgan fingerprint density at radius 3 is 2.58 bits per heavy atom. The Bertz CT molecular complexity index is 284. The van der Waals surface area contributed by atoms with Gasteiger partial charge in [-0.05, 0) is 38.7 Å². The minimum Gasteiger partial charge on any atom is -0.466 e. The largest absolute Gasteiger partial charge is 0.466 e. The standard InChI is InChI=1S/C10H14O2/c1-6-5-9(7(2)12-6)10(11)8-3-4-8/h5,8,10-11H,3-4H2,1-2H3. The van der Waals surface area contributed by atoms with Crippen molar-refractivity contribution in [2.45, 2.75) is 32.8 Å². The lowest BCUT2D eigenvalue weighted by Crippen LogP contribution is -1.98. The Morgan fingerprint density at radius 2 is 2.17 bits per heavy atom. The van der Waals surface area contributed by atoms with Gasteiger partial charge in [-0.25, -0.2) is 0 Å². The Labute approximate surface area is 72.2 Å². The van der Waals surface area contributed by atoms with Crippen LogP contribution >= 0.6 is 0 Å². The van der Waals surface area contributed by atoms with Crippen LogP contribution in [-0.2, 0) is 0 Å². The molecule has 1 aromatic rings. The zero-order chi connectivity index (χ0) is 8.72. The molecule has 1 heterocycles. The number of rotatable bonds is 2. The van der Waals surface area contributed by atoms with Crippen molar-refractivity contribution < 1.29 is 9.52 Å². The van der Waals surface area contributed by atoms with Crippen LogP contribution in [0.3, 0.4) is 0 Å². The van der Waals surface area contributed by atoms with E-state index in [-0.39, 0.29) is 6.10 Å². The second-order valence-electron chi connectivity index (χ2n) is 3.65. The smallest absolute Gasteiger partial charge is 0.106 e. The fourth-order valence-corrected chi connectivity index (χ4v) is 1.61. The highest BCUT2D eigenvalue weighted by Gasteiger charge is 2.32. The maximum Gasteiger partial charge on any atom is 0.106 e. The third-order valence-corrected chi connectivity index (χ3v) is 2.47. The predicted molar refractivity (Wildman–Crippen MR) is 45.9 cm³/mol. The molecular formula is C10H14O2. The number of aryl methyl sites for hydroxylation is 2. The van der Waals surface area contributed by atoms with E-state index in [2.05, 4.69) is 0 Å². The first kappa shape index (κ1) is 7.87. The lowest BCUT2D eigenvalue weighted by Gasteiger charge is -2.06. The summed E-state index contributed by atoms with van der Waals surface area (Å²) in [6.07, 6.45) is 2.03. The summed E-state index contributed by atoms with van der Waals surface area (Å²) in [4.78, 5) is 0. The average Bonchev–Trinajstić information content (AvgIpc) is 2.77. The lowest BCUT2D eigenvalue weighted by molar-refractivity contribution is 0.152. The molecule has 1 atom stereocenters. The van der Waals surface area contributed by atoms with E-state index in [1.54, 1.807) is 0 Å². The number of hydrogen-bond donors (Lipinski definition) is 1. The molecule has 66 valence electrons. The highest BCUT2D eigenvalue weighted by molar-refractivity contribution is 5.24. The Morgan fingerprint density at radius 1 is 1.50 bits per heavy atom. The van der Waals surface area contributed by atoms with E-state index in [1.807, 2.05) is 19.9 Å². The third kappa shape index (κ3) is 1.27. The minimum atomic E-state index is -0.289. The first-order valence-electron chi connectivity index (χ1n) is 4.43. The van der Waals surface area contributed by atoms with Gasteiger partial charge in [-0.1, -0.05) is 0 Å². The van der Waals surface area contributed by atoms with Gasteiger partial charge < -0.3 is 9.52 Å². The molecule has 0 amide bonds. The summed E-state index contributed by atoms with van der Waals surface area (Å²) < 4.78 is 5.35. The van der Waals surface area contributed by atoms with Crippen LogP contribution in [0.15, 0.2) is 10.5 Å². The van der Waals surface area contributed by atoms with Gasteiger partial charge in [0.05, 0.1) is 6.10 Å². The summed E-state index contributed by atoms with van der Waals surface area (Å²) in [5.41, 5.74) is 0.981. The van der Waals surface area contributed by atoms with Gasteiger partial charge in [0.2, 0.25) is 0 Å². The molecule has 0 aliphatic heterocycles. The number of hydrogen-bond acceptors (Lipinski definition) is 2. The molecule has 0 saturated heterocycles. The maximum atomic E-state index is 9.79. The van der Waals surface area contributed by atoms with E-state index >= 15 is 0 Å². The second kappa shape index (κ2) is 2.63. The molecule has 0 bridgehead atoms. The molecule has 12 heavy (non-hydrogen) atoms. The van der Waals surface area contributed by atoms with E-state index in [1.165, 1.54) is 0 Å². The van der Waals surface area contributed by atoms with Gasteiger partial charge >= 0.3 is 0 Å². The van der Waals surface area contributed by atoms with E-state index < -0.39 is 0 Å². The lowest BCUT2D eigenvalue weighted by atomic mass is 10.1. The van der Waals surface area contributed by atoms with Crippen molar-refractivity contribution in [3.63, 3.8) is 0 Å². The second-order valence-corrected chi connectivity index (χ2v) is 3.65. The fraction of sp³-hybridized carbons (Fsp3) is 0.600. The van der Waals surface area contributed by atoms with Gasteiger partial charge in [0.15, 0.2) is 0 Å². The summed E-state index contributed by atoms with van der Waals surface area (Å²) >= 11 is 0. The molecule has 2 rings (SSSR count). The first-order valence-corrected chi connectivity index (χ1v) is 4.43. The van der Waals surface area contributed by atoms with Gasteiger partial charge in [0.1, 0.15) is 11.5 Å². The minimum absolute atomic E-state index is 0.289. The molecule has 2 nitrogen and oxygen atoms in total. The van der Waals surface area contributed by atoms with Crippen LogP contribution in [0.2, 0.25) is 0 Å². The summed E-state index contributed by atoms with van der Waals surface area (Å²) in [5.74, 6) is 2.25. The van der Waals surface area contributed by atoms with Crippen molar-refractivity contribution in [2.24, 2.45) is 5.92 Å². The Balaban J connectivity index is 2.25. The fourth-order valence-electron chi connectivity index (χ4n) is 1.61. The van der Waals surface area contributed by atoms with Gasteiger partial charge in [-0.3, -0.25) is 0 Å². The molecule has 0 aromatic carbocycles. The van der Waals surface area contributed by atoms with Gasteiger partial charge in [-0.15, -0.1) is 0 Å². The molecule has 1 unspecified atom stereocenters. The molecule has 1 aliphatic rings. The highest BCUT2D eigenvalue weighted by Crippen LogP contribution is 2.42. The maximum absolute atomic E-state index is 9.79. The predicted octanol–water partition coefficient (Wildman–Crippen LogP) is 2.34. The molecule has 1 aliphatic carbocycles. The van der Waals surface area contributed by atoms with Gasteiger partial charge in [-0.2, -0.15) is 0 Å². The molecule has 1 N–H and O–H groups in total. The molecular weight excluding hydrogens is 152 g/mol. The van der Waals surface area contributed by atoms with Crippen LogP contribution in [0.5, 0.6) is 0 Å². The van der Waals surface area contributed by atoms with Crippen LogP contribution in [0.1, 0.15) is 36.0 Å². The monoisotopic (exact) mass is 166 g/mol. The van der Waals surface area contributed by atoms with E-state index in [4.69, 9.17) is 4.42 Å². The normalized spacial score (nSPS) is 19.6. The van der Waals surface area contributed by atoms with Crippen molar-refractivity contribution >= 4 is 0 Å². The third-order valence-electron chi connectivity index (χ3n) is 2.47. The molecule has 2 heteroatoms. The summed E-state index contributed by atoms with van der Waals surface area (Å²) in [7, 11) is 0. The van der Waals surface area contributed by atoms with Crippen molar-refractivity contribution in [3.8, 4) is 0 Å². The van der Waals surface area contributed by atoms with E-state index in [9.17, 15) is 5.11 Å². The number of furan rings is 1. The van der Waals surface area contributed by atoms with Gasteiger partial charge in [0.25, 0.3) is 0 Å². The van der Waals surface area contributed by atoms with Gasteiger partial charge in [0, 0.05) is 5.56 Å². The van der Waals surface area contributed by atoms with Crippen molar-refractivity contribution in [2.75, 3.05) is 0 Å². The molecule has 0 spiro atoms. The SMILES string of the molecule is Cc1cc(C(O)C2CC2)c(C)o1. The van der Waals surface area contributed by atoms with Crippen molar-refractivity contribution in [1.82, 2.24) is 0 Å². The zero-order valence-electron chi connectivity index (χ0n) is 7.50. The van der Waals surface area contributed by atoms with E-state index in [0.29, 0.717) is 5.92 Å². The Hall–Kier alpha value is -0.760. The first-order chi connectivity index (χ1) is 5.68. The summed E-state index contributed by atoms with van der Waals surface area (Å²) in [5, 5.41) is 9.79. The van der Waals surface area contributed by atoms with Crippen molar-refractivity contribution in [1.29, 1.82) is 0 Å². The zero-order valence-corrected chi connectivity index (χ0v) is 7.50. The topological polar surface area (TPSA) is 33.4 Å². The quantitative estimate of drug-likeness (QED) is 0.731. The number of aliphatic hydroxyl groups excluding tert-OH is 1. The van der Waals surface area contributed by atoms with Crippen LogP contribution < -0.4 is 0 Å². The summed E-state index contributed by atoms with van der Waals surface area (Å²) in [6.45, 7) is 3.82. The number of aliphatic hydroxyl groups is 1. The summed E-state index contributed by atoms with van der Waals surface area (Å²) in [6, 6.07) is 1.94. The Kier molecular flexibility index (Phi) is 1.72. The van der Waals surface area contributed by atoms with Crippen molar-refractivity contribution in [3.05, 3.63) is 23.2 Å². The molecule has 0 radical (unpaired) electrons. The highest BCUT2D eigenvalue weighted by atomic mass is 16.3. The molecule has 1 fully saturated rings. The van der Waals surface area contributed by atoms with Crippen LogP contribution in [0, 0.1) is 19.8 Å². The molecule has 1 saturated carbocycles. The van der Waals surface area contributed by atoms with Crippen LogP contribution in [-0.4, -0.2) is 5.11 Å². The average molecular weight is 166 g/mol.